The minimum absolute atomic E-state index is 0.159. The van der Waals surface area contributed by atoms with Crippen LogP contribution in [-0.2, 0) is 33.4 Å². The topological polar surface area (TPSA) is 68.5 Å². The van der Waals surface area contributed by atoms with Gasteiger partial charge in [-0.2, -0.15) is 16.8 Å². The smallest absolute Gasteiger partial charge is 0.263 e. The van der Waals surface area contributed by atoms with Gasteiger partial charge in [-0.05, 0) is 35.9 Å². The number of hydrogen-bond donors (Lipinski definition) is 0. The van der Waals surface area contributed by atoms with E-state index in [1.54, 1.807) is 36.0 Å². The Balaban J connectivity index is 1.90. The van der Waals surface area contributed by atoms with Gasteiger partial charge in [0.1, 0.15) is 5.75 Å². The molecule has 5 nitrogen and oxygen atoms in total. The van der Waals surface area contributed by atoms with Crippen molar-refractivity contribution in [1.82, 2.24) is 4.57 Å². The molecule has 0 aliphatic carbocycles. The van der Waals surface area contributed by atoms with Crippen molar-refractivity contribution in [2.24, 2.45) is 4.99 Å². The molecule has 0 N–H and O–H groups in total. The van der Waals surface area contributed by atoms with E-state index in [4.69, 9.17) is 0 Å². The van der Waals surface area contributed by atoms with Gasteiger partial charge in [0.15, 0.2) is 14.6 Å². The second-order valence-corrected chi connectivity index (χ2v) is 10.8. The van der Waals surface area contributed by atoms with Gasteiger partial charge in [0.25, 0.3) is 5.91 Å². The van der Waals surface area contributed by atoms with E-state index in [1.165, 1.54) is 16.9 Å². The first kappa shape index (κ1) is 21.8. The largest absolute Gasteiger partial charge is 0.316 e. The summed E-state index contributed by atoms with van der Waals surface area (Å²) in [7, 11) is -3.58. The van der Waals surface area contributed by atoms with Gasteiger partial charge in [-0.3, -0.25) is 4.79 Å². The van der Waals surface area contributed by atoms with E-state index < -0.39 is 21.5 Å². The summed E-state index contributed by atoms with van der Waals surface area (Å²) in [5, 5.41) is 0. The van der Waals surface area contributed by atoms with E-state index in [0.717, 1.165) is 28.9 Å². The Labute approximate surface area is 179 Å². The summed E-state index contributed by atoms with van der Waals surface area (Å²) in [4.78, 5) is 17.2. The van der Waals surface area contributed by atoms with E-state index in [2.05, 4.69) is 30.1 Å². The van der Waals surface area contributed by atoms with Crippen molar-refractivity contribution >= 4 is 49.1 Å². The average molecular weight is 449 g/mol. The molecule has 2 aromatic carbocycles. The molecule has 8 heteroatoms. The summed E-state index contributed by atoms with van der Waals surface area (Å²) >= 11 is 3.15. The number of aryl methyl sites for hydroxylation is 2. The summed E-state index contributed by atoms with van der Waals surface area (Å²) in [6.45, 7) is 2.82. The van der Waals surface area contributed by atoms with Gasteiger partial charge in [0.05, 0.1) is 16.0 Å². The third-order valence-electron chi connectivity index (χ3n) is 4.47. The van der Waals surface area contributed by atoms with E-state index in [-0.39, 0.29) is 5.75 Å². The van der Waals surface area contributed by atoms with Crippen LogP contribution in [0.25, 0.3) is 10.2 Å². The molecule has 154 valence electrons. The van der Waals surface area contributed by atoms with Crippen molar-refractivity contribution in [2.75, 3.05) is 17.8 Å². The Morgan fingerprint density at radius 2 is 1.90 bits per heavy atom. The maximum Gasteiger partial charge on any atom is 0.263 e. The molecule has 3 rings (SSSR count). The lowest BCUT2D eigenvalue weighted by molar-refractivity contribution is -0.115. The normalized spacial score (nSPS) is 12.6. The Hall–Kier alpha value is -1.90. The molecule has 3 aromatic rings. The molecule has 0 fully saturated rings. The molecule has 0 spiro atoms. The van der Waals surface area contributed by atoms with Crippen LogP contribution in [0.5, 0.6) is 0 Å². The highest BCUT2D eigenvalue weighted by Crippen LogP contribution is 2.20. The molecule has 0 saturated heterocycles. The third kappa shape index (κ3) is 5.81. The summed E-state index contributed by atoms with van der Waals surface area (Å²) in [6.07, 6.45) is 2.96. The van der Waals surface area contributed by atoms with Crippen LogP contribution in [-0.4, -0.2) is 36.7 Å². The van der Waals surface area contributed by atoms with Crippen molar-refractivity contribution < 1.29 is 13.2 Å². The van der Waals surface area contributed by atoms with Crippen molar-refractivity contribution in [3.05, 3.63) is 64.5 Å². The highest BCUT2D eigenvalue weighted by atomic mass is 32.2. The summed E-state index contributed by atoms with van der Waals surface area (Å²) in [5.74, 6) is -0.483. The van der Waals surface area contributed by atoms with Crippen LogP contribution in [0.4, 0.5) is 0 Å². The number of sulfone groups is 1. The van der Waals surface area contributed by atoms with Gasteiger partial charge in [-0.1, -0.05) is 54.7 Å². The molecule has 0 radical (unpaired) electrons. The second-order valence-electron chi connectivity index (χ2n) is 6.71. The lowest BCUT2D eigenvalue weighted by Crippen LogP contribution is -2.22. The van der Waals surface area contributed by atoms with Gasteiger partial charge in [-0.15, -0.1) is 0 Å². The number of benzene rings is 2. The Kier molecular flexibility index (Phi) is 7.32. The number of thiazole rings is 1. The zero-order valence-electron chi connectivity index (χ0n) is 16.5. The third-order valence-corrected chi connectivity index (χ3v) is 7.56. The van der Waals surface area contributed by atoms with E-state index in [9.17, 15) is 13.2 Å². The minimum Gasteiger partial charge on any atom is -0.316 e. The fraction of sp³-hybridized carbons (Fsp3) is 0.333. The van der Waals surface area contributed by atoms with E-state index in [0.29, 0.717) is 10.4 Å². The monoisotopic (exact) mass is 448 g/mol. The first-order valence-electron chi connectivity index (χ1n) is 9.35. The second kappa shape index (κ2) is 9.73. The number of rotatable bonds is 8. The zero-order valence-corrected chi connectivity index (χ0v) is 18.9. The van der Waals surface area contributed by atoms with Crippen molar-refractivity contribution in [2.45, 2.75) is 25.6 Å². The highest BCUT2D eigenvalue weighted by Gasteiger charge is 2.18. The average Bonchev–Trinajstić information content (AvgIpc) is 3.01. The quantitative estimate of drug-likeness (QED) is 0.527. The van der Waals surface area contributed by atoms with E-state index in [1.807, 2.05) is 16.9 Å². The summed E-state index contributed by atoms with van der Waals surface area (Å²) < 4.78 is 27.9. The van der Waals surface area contributed by atoms with Crippen molar-refractivity contribution in [3.63, 3.8) is 0 Å². The molecule has 0 bridgehead atoms. The number of hydrogen-bond acceptors (Lipinski definition) is 5. The maximum absolute atomic E-state index is 12.5. The van der Waals surface area contributed by atoms with Crippen LogP contribution in [0, 0.1) is 0 Å². The zero-order chi connectivity index (χ0) is 20.9. The van der Waals surface area contributed by atoms with Crippen LogP contribution in [0.1, 0.15) is 18.1 Å². The maximum atomic E-state index is 12.5. The molecule has 1 amide bonds. The number of aromatic nitrogens is 1. The molecule has 0 aliphatic rings. The Morgan fingerprint density at radius 3 is 2.59 bits per heavy atom. The molecule has 0 atom stereocenters. The lowest BCUT2D eigenvalue weighted by Gasteiger charge is -2.05. The van der Waals surface area contributed by atoms with Crippen LogP contribution >= 0.6 is 23.1 Å². The van der Waals surface area contributed by atoms with Crippen LogP contribution in [0.15, 0.2) is 53.5 Å². The van der Waals surface area contributed by atoms with Crippen LogP contribution < -0.4 is 4.80 Å². The fourth-order valence-corrected chi connectivity index (χ4v) is 5.77. The predicted octanol–water partition coefficient (Wildman–Crippen LogP) is 3.67. The van der Waals surface area contributed by atoms with Gasteiger partial charge >= 0.3 is 0 Å². The number of carbonyl (C=O) groups is 1. The molecule has 0 unspecified atom stereocenters. The highest BCUT2D eigenvalue weighted by molar-refractivity contribution is 7.98. The standard InChI is InChI=1S/C21H24N2O3S3/c1-3-16-9-10-18-19(13-16)28-21(23(18)11-12-27-2)22-20(24)15-29(25,26)14-17-7-5-4-6-8-17/h4-10,13H,3,11-12,14-15H2,1-2H3. The molecule has 1 aromatic heterocycles. The van der Waals surface area contributed by atoms with E-state index >= 15 is 0 Å². The number of thioether (sulfide) groups is 1. The Bertz CT molecular complexity index is 1160. The Morgan fingerprint density at radius 1 is 1.14 bits per heavy atom. The van der Waals surface area contributed by atoms with Gasteiger partial charge in [0.2, 0.25) is 0 Å². The molecule has 29 heavy (non-hydrogen) atoms. The molecule has 0 aliphatic heterocycles. The molecule has 0 saturated carbocycles. The number of carbonyl (C=O) groups excluding carboxylic acids is 1. The van der Waals surface area contributed by atoms with Crippen molar-refractivity contribution in [3.8, 4) is 0 Å². The molecular formula is C21H24N2O3S3. The SMILES string of the molecule is CCc1ccc2c(c1)sc(=NC(=O)CS(=O)(=O)Cc1ccccc1)n2CCSC. The number of nitrogens with zero attached hydrogens (tertiary/aromatic N) is 2. The first-order valence-corrected chi connectivity index (χ1v) is 13.4. The summed E-state index contributed by atoms with van der Waals surface area (Å²) in [6, 6.07) is 15.1. The van der Waals surface area contributed by atoms with Crippen LogP contribution in [0.3, 0.4) is 0 Å². The molecular weight excluding hydrogens is 424 g/mol. The number of fused-ring (bicyclic) bond motifs is 1. The van der Waals surface area contributed by atoms with Gasteiger partial charge < -0.3 is 4.57 Å². The van der Waals surface area contributed by atoms with Crippen LogP contribution in [0.2, 0.25) is 0 Å². The lowest BCUT2D eigenvalue weighted by atomic mass is 10.2. The van der Waals surface area contributed by atoms with Crippen molar-refractivity contribution in [1.29, 1.82) is 0 Å². The first-order chi connectivity index (χ1) is 13.9. The fourth-order valence-electron chi connectivity index (χ4n) is 3.03. The minimum atomic E-state index is -3.58. The van der Waals surface area contributed by atoms with Gasteiger partial charge in [0, 0.05) is 12.3 Å². The van der Waals surface area contributed by atoms with Gasteiger partial charge in [-0.25, -0.2) is 8.42 Å². The molecule has 1 heterocycles. The summed E-state index contributed by atoms with van der Waals surface area (Å²) in [5.41, 5.74) is 2.92. The number of amides is 1. The predicted molar refractivity (Wildman–Crippen MR) is 122 cm³/mol.